The fourth-order valence-electron chi connectivity index (χ4n) is 2.81. The monoisotopic (exact) mass is 402 g/mol. The number of halogens is 2. The third-order valence-corrected chi connectivity index (χ3v) is 5.17. The van der Waals surface area contributed by atoms with E-state index in [-0.39, 0.29) is 30.0 Å². The number of likely N-dealkylation sites (tertiary alicyclic amines) is 1. The van der Waals surface area contributed by atoms with Gasteiger partial charge in [0.25, 0.3) is 0 Å². The number of benzene rings is 1. The number of nitrogens with one attached hydrogen (secondary N) is 1. The van der Waals surface area contributed by atoms with Crippen molar-refractivity contribution in [2.75, 3.05) is 24.1 Å². The lowest BCUT2D eigenvalue weighted by Gasteiger charge is -2.30. The van der Waals surface area contributed by atoms with Crippen LogP contribution in [0.4, 0.5) is 10.8 Å². The summed E-state index contributed by atoms with van der Waals surface area (Å²) >= 11 is 7.40. The van der Waals surface area contributed by atoms with E-state index < -0.39 is 0 Å². The highest BCUT2D eigenvalue weighted by atomic mass is 35.5. The Bertz CT molecular complexity index is 733. The van der Waals surface area contributed by atoms with Gasteiger partial charge in [-0.3, -0.25) is 9.69 Å². The van der Waals surface area contributed by atoms with E-state index in [2.05, 4.69) is 15.2 Å². The molecule has 2 aromatic rings. The van der Waals surface area contributed by atoms with E-state index in [1.54, 1.807) is 18.3 Å². The molecule has 9 heteroatoms. The number of thiazole rings is 1. The molecule has 1 aliphatic heterocycles. The molecule has 0 radical (unpaired) electrons. The number of nitrogen functional groups attached to an aromatic ring is 1. The summed E-state index contributed by atoms with van der Waals surface area (Å²) in [7, 11) is 0. The van der Waals surface area contributed by atoms with Crippen LogP contribution in [-0.2, 0) is 11.3 Å². The maximum absolute atomic E-state index is 12.4. The Balaban J connectivity index is 0.00000225. The maximum Gasteiger partial charge on any atom is 0.227 e. The van der Waals surface area contributed by atoms with E-state index in [1.165, 1.54) is 17.4 Å². The fraction of sp³-hybridized carbons (Fsp3) is 0.375. The molecule has 0 unspecified atom stereocenters. The highest BCUT2D eigenvalue weighted by Crippen LogP contribution is 2.28. The van der Waals surface area contributed by atoms with Gasteiger partial charge in [0.1, 0.15) is 5.75 Å². The van der Waals surface area contributed by atoms with Crippen LogP contribution < -0.4 is 11.1 Å². The average Bonchev–Trinajstić information content (AvgIpc) is 2.96. The molecule has 0 spiro atoms. The molecule has 1 amide bonds. The highest BCUT2D eigenvalue weighted by Gasteiger charge is 2.25. The van der Waals surface area contributed by atoms with Crippen molar-refractivity contribution >= 4 is 52.1 Å². The predicted molar refractivity (Wildman–Crippen MR) is 104 cm³/mol. The molecule has 0 bridgehead atoms. The van der Waals surface area contributed by atoms with Gasteiger partial charge >= 0.3 is 0 Å². The first kappa shape index (κ1) is 19.8. The molecule has 1 aliphatic rings. The van der Waals surface area contributed by atoms with Gasteiger partial charge in [-0.15, -0.1) is 23.7 Å². The lowest BCUT2D eigenvalue weighted by atomic mass is 9.95. The molecule has 25 heavy (non-hydrogen) atoms. The summed E-state index contributed by atoms with van der Waals surface area (Å²) in [5, 5.41) is 13.6. The van der Waals surface area contributed by atoms with Crippen LogP contribution in [0.2, 0.25) is 5.02 Å². The van der Waals surface area contributed by atoms with Crippen LogP contribution >= 0.6 is 35.3 Å². The molecular formula is C16H20Cl2N4O2S. The zero-order chi connectivity index (χ0) is 17.1. The Morgan fingerprint density at radius 2 is 2.16 bits per heavy atom. The molecule has 0 saturated carbocycles. The number of hydrogen-bond donors (Lipinski definition) is 3. The number of aromatic nitrogens is 1. The number of aromatic hydroxyl groups is 1. The first-order valence-electron chi connectivity index (χ1n) is 7.73. The number of nitrogens with zero attached hydrogens (tertiary/aromatic N) is 2. The van der Waals surface area contributed by atoms with Gasteiger partial charge in [0.15, 0.2) is 5.13 Å². The van der Waals surface area contributed by atoms with Gasteiger partial charge < -0.3 is 16.2 Å². The largest absolute Gasteiger partial charge is 0.506 e. The van der Waals surface area contributed by atoms with E-state index in [4.69, 9.17) is 17.3 Å². The van der Waals surface area contributed by atoms with Crippen LogP contribution in [0.25, 0.3) is 0 Å². The van der Waals surface area contributed by atoms with E-state index in [9.17, 15) is 9.90 Å². The minimum absolute atomic E-state index is 0. The van der Waals surface area contributed by atoms with Crippen LogP contribution in [-0.4, -0.2) is 34.0 Å². The quantitative estimate of drug-likeness (QED) is 0.681. The lowest BCUT2D eigenvalue weighted by molar-refractivity contribution is -0.121. The number of anilines is 2. The average molecular weight is 403 g/mol. The summed E-state index contributed by atoms with van der Waals surface area (Å²) < 4.78 is 0. The number of amides is 1. The summed E-state index contributed by atoms with van der Waals surface area (Å²) in [5.74, 6) is -0.117. The van der Waals surface area contributed by atoms with Crippen molar-refractivity contribution in [2.24, 2.45) is 5.92 Å². The van der Waals surface area contributed by atoms with Crippen LogP contribution in [0.15, 0.2) is 24.4 Å². The van der Waals surface area contributed by atoms with Crippen molar-refractivity contribution in [2.45, 2.75) is 19.4 Å². The highest BCUT2D eigenvalue weighted by molar-refractivity contribution is 7.15. The van der Waals surface area contributed by atoms with E-state index in [0.29, 0.717) is 15.8 Å². The smallest absolute Gasteiger partial charge is 0.227 e. The molecule has 136 valence electrons. The molecule has 1 fully saturated rings. The molecule has 1 saturated heterocycles. The van der Waals surface area contributed by atoms with Crippen molar-refractivity contribution < 1.29 is 9.90 Å². The van der Waals surface area contributed by atoms with Crippen LogP contribution in [0.5, 0.6) is 5.75 Å². The molecule has 3 rings (SSSR count). The number of phenols is 1. The van der Waals surface area contributed by atoms with Crippen molar-refractivity contribution in [3.8, 4) is 5.75 Å². The Hall–Kier alpha value is -1.54. The molecule has 1 aromatic carbocycles. The standard InChI is InChI=1S/C16H19ClN4O2S.ClH/c17-11-1-2-14(22)13(7-11)20-15(23)10-3-5-21(6-4-10)9-12-8-19-16(18)24-12;/h1-2,7-8,10,22H,3-6,9H2,(H2,18,19)(H,20,23);1H. The van der Waals surface area contributed by atoms with Crippen LogP contribution in [0, 0.1) is 5.92 Å². The number of hydrogen-bond acceptors (Lipinski definition) is 6. The number of nitrogens with two attached hydrogens (primary N) is 1. The topological polar surface area (TPSA) is 91.5 Å². The summed E-state index contributed by atoms with van der Waals surface area (Å²) in [4.78, 5) is 19.9. The molecule has 0 atom stereocenters. The number of piperidine rings is 1. The second kappa shape index (κ2) is 8.71. The fourth-order valence-corrected chi connectivity index (χ4v) is 3.71. The molecule has 0 aliphatic carbocycles. The van der Waals surface area contributed by atoms with Gasteiger partial charge in [-0.05, 0) is 44.1 Å². The second-order valence-electron chi connectivity index (χ2n) is 5.87. The first-order valence-corrected chi connectivity index (χ1v) is 8.92. The number of phenolic OH excluding ortho intramolecular Hbond substituents is 1. The van der Waals surface area contributed by atoms with Crippen molar-refractivity contribution in [1.29, 1.82) is 0 Å². The van der Waals surface area contributed by atoms with Crippen molar-refractivity contribution in [3.63, 3.8) is 0 Å². The molecule has 6 nitrogen and oxygen atoms in total. The second-order valence-corrected chi connectivity index (χ2v) is 7.45. The maximum atomic E-state index is 12.4. The third-order valence-electron chi connectivity index (χ3n) is 4.13. The summed E-state index contributed by atoms with van der Waals surface area (Å²) in [5.41, 5.74) is 6.00. The predicted octanol–water partition coefficient (Wildman–Crippen LogP) is 3.36. The van der Waals surface area contributed by atoms with Gasteiger partial charge in [-0.1, -0.05) is 11.6 Å². The summed E-state index contributed by atoms with van der Waals surface area (Å²) in [6.45, 7) is 2.51. The Morgan fingerprint density at radius 3 is 2.80 bits per heavy atom. The zero-order valence-corrected chi connectivity index (χ0v) is 15.8. The van der Waals surface area contributed by atoms with Gasteiger partial charge in [0, 0.05) is 28.6 Å². The molecule has 2 heterocycles. The summed E-state index contributed by atoms with van der Waals surface area (Å²) in [6.07, 6.45) is 3.36. The minimum Gasteiger partial charge on any atom is -0.506 e. The van der Waals surface area contributed by atoms with E-state index in [0.717, 1.165) is 37.4 Å². The van der Waals surface area contributed by atoms with Gasteiger partial charge in [0.05, 0.1) is 5.69 Å². The Kier molecular flexibility index (Phi) is 6.89. The van der Waals surface area contributed by atoms with Crippen LogP contribution in [0.3, 0.4) is 0 Å². The minimum atomic E-state index is -0.0748. The van der Waals surface area contributed by atoms with Gasteiger partial charge in [-0.25, -0.2) is 4.98 Å². The molecule has 4 N–H and O–H groups in total. The van der Waals surface area contributed by atoms with E-state index >= 15 is 0 Å². The Labute approximate surface area is 161 Å². The number of carbonyl (C=O) groups is 1. The normalized spacial score (nSPS) is 15.6. The first-order chi connectivity index (χ1) is 11.5. The van der Waals surface area contributed by atoms with E-state index in [1.807, 2.05) is 0 Å². The van der Waals surface area contributed by atoms with Gasteiger partial charge in [0.2, 0.25) is 5.91 Å². The zero-order valence-electron chi connectivity index (χ0n) is 13.4. The van der Waals surface area contributed by atoms with Crippen molar-refractivity contribution in [3.05, 3.63) is 34.3 Å². The van der Waals surface area contributed by atoms with Crippen molar-refractivity contribution in [1.82, 2.24) is 9.88 Å². The Morgan fingerprint density at radius 1 is 1.44 bits per heavy atom. The van der Waals surface area contributed by atoms with Crippen LogP contribution in [0.1, 0.15) is 17.7 Å². The number of rotatable bonds is 4. The SMILES string of the molecule is Cl.Nc1ncc(CN2CCC(C(=O)Nc3cc(Cl)ccc3O)CC2)s1. The summed E-state index contributed by atoms with van der Waals surface area (Å²) in [6, 6.07) is 4.61. The van der Waals surface area contributed by atoms with Gasteiger partial charge in [-0.2, -0.15) is 0 Å². The number of carbonyl (C=O) groups excluding carboxylic acids is 1. The molecule has 1 aromatic heterocycles. The lowest BCUT2D eigenvalue weighted by Crippen LogP contribution is -2.37. The molecular weight excluding hydrogens is 383 g/mol. The third kappa shape index (κ3) is 5.22.